The number of nitrogens with one attached hydrogen (secondary N) is 1. The maximum absolute atomic E-state index is 11.4. The Balaban J connectivity index is 2.47. The van der Waals surface area contributed by atoms with E-state index in [1.165, 1.54) is 0 Å². The SMILES string of the molecule is CC(C)(C)OC(=O)NC1CCO[C@H]1C(=O)O. The van der Waals surface area contributed by atoms with Crippen LogP contribution in [-0.2, 0) is 14.3 Å². The maximum atomic E-state index is 11.4. The molecule has 1 amide bonds. The van der Waals surface area contributed by atoms with Gasteiger partial charge in [0, 0.05) is 6.61 Å². The van der Waals surface area contributed by atoms with E-state index in [9.17, 15) is 9.59 Å². The fraction of sp³-hybridized carbons (Fsp3) is 0.800. The van der Waals surface area contributed by atoms with Crippen LogP contribution in [0.5, 0.6) is 0 Å². The monoisotopic (exact) mass is 231 g/mol. The summed E-state index contributed by atoms with van der Waals surface area (Å²) < 4.78 is 10.0. The molecular formula is C10H17NO5. The van der Waals surface area contributed by atoms with Crippen LogP contribution >= 0.6 is 0 Å². The number of carboxylic acids is 1. The summed E-state index contributed by atoms with van der Waals surface area (Å²) in [5, 5.41) is 11.3. The fourth-order valence-corrected chi connectivity index (χ4v) is 1.44. The van der Waals surface area contributed by atoms with Gasteiger partial charge in [-0.25, -0.2) is 9.59 Å². The molecule has 0 saturated carbocycles. The molecule has 1 saturated heterocycles. The number of carbonyl (C=O) groups is 2. The zero-order valence-corrected chi connectivity index (χ0v) is 9.65. The predicted molar refractivity (Wildman–Crippen MR) is 55.2 cm³/mol. The van der Waals surface area contributed by atoms with Crippen molar-refractivity contribution in [1.29, 1.82) is 0 Å². The lowest BCUT2D eigenvalue weighted by Gasteiger charge is -2.22. The van der Waals surface area contributed by atoms with E-state index in [0.717, 1.165) is 0 Å². The number of ether oxygens (including phenoxy) is 2. The van der Waals surface area contributed by atoms with Crippen LogP contribution in [0.25, 0.3) is 0 Å². The Morgan fingerprint density at radius 3 is 2.56 bits per heavy atom. The van der Waals surface area contributed by atoms with Crippen molar-refractivity contribution in [3.05, 3.63) is 0 Å². The summed E-state index contributed by atoms with van der Waals surface area (Å²) in [6.45, 7) is 5.56. The average Bonchev–Trinajstić information content (AvgIpc) is 2.47. The summed E-state index contributed by atoms with van der Waals surface area (Å²) in [4.78, 5) is 22.2. The summed E-state index contributed by atoms with van der Waals surface area (Å²) >= 11 is 0. The van der Waals surface area contributed by atoms with Gasteiger partial charge in [-0.3, -0.25) is 0 Å². The minimum Gasteiger partial charge on any atom is -0.479 e. The highest BCUT2D eigenvalue weighted by Gasteiger charge is 2.36. The van der Waals surface area contributed by atoms with Crippen LogP contribution in [0.2, 0.25) is 0 Å². The second kappa shape index (κ2) is 4.69. The number of hydrogen-bond donors (Lipinski definition) is 2. The molecule has 1 heterocycles. The van der Waals surface area contributed by atoms with Crippen LogP contribution in [0.1, 0.15) is 27.2 Å². The molecule has 92 valence electrons. The number of carboxylic acid groups (broad SMARTS) is 1. The van der Waals surface area contributed by atoms with Crippen molar-refractivity contribution in [2.24, 2.45) is 0 Å². The van der Waals surface area contributed by atoms with E-state index in [1.54, 1.807) is 20.8 Å². The molecule has 2 N–H and O–H groups in total. The van der Waals surface area contributed by atoms with Gasteiger partial charge in [0.05, 0.1) is 6.04 Å². The van der Waals surface area contributed by atoms with Crippen molar-refractivity contribution in [2.75, 3.05) is 6.61 Å². The number of rotatable bonds is 2. The van der Waals surface area contributed by atoms with Crippen LogP contribution in [0.4, 0.5) is 4.79 Å². The Morgan fingerprint density at radius 1 is 1.44 bits per heavy atom. The van der Waals surface area contributed by atoms with Crippen LogP contribution in [0, 0.1) is 0 Å². The van der Waals surface area contributed by atoms with E-state index in [2.05, 4.69) is 5.32 Å². The first-order valence-electron chi connectivity index (χ1n) is 5.13. The molecule has 0 radical (unpaired) electrons. The van der Waals surface area contributed by atoms with Crippen LogP contribution in [0.15, 0.2) is 0 Å². The first-order chi connectivity index (χ1) is 7.29. The van der Waals surface area contributed by atoms with E-state index < -0.39 is 29.8 Å². The van der Waals surface area contributed by atoms with Gasteiger partial charge in [-0.1, -0.05) is 0 Å². The highest BCUT2D eigenvalue weighted by molar-refractivity contribution is 5.76. The number of amides is 1. The van der Waals surface area contributed by atoms with Gasteiger partial charge in [0.2, 0.25) is 0 Å². The molecule has 0 aromatic heterocycles. The quantitative estimate of drug-likeness (QED) is 0.732. The molecule has 1 aliphatic heterocycles. The lowest BCUT2D eigenvalue weighted by molar-refractivity contribution is -0.148. The third kappa shape index (κ3) is 3.69. The third-order valence-electron chi connectivity index (χ3n) is 2.04. The Kier molecular flexibility index (Phi) is 3.74. The molecule has 1 fully saturated rings. The molecule has 1 unspecified atom stereocenters. The number of alkyl carbamates (subject to hydrolysis) is 1. The van der Waals surface area contributed by atoms with Crippen LogP contribution < -0.4 is 5.32 Å². The summed E-state index contributed by atoms with van der Waals surface area (Å²) in [5.41, 5.74) is -0.595. The maximum Gasteiger partial charge on any atom is 0.407 e. The second-order valence-corrected chi connectivity index (χ2v) is 4.67. The molecule has 6 heteroatoms. The summed E-state index contributed by atoms with van der Waals surface area (Å²) in [5.74, 6) is -1.07. The van der Waals surface area contributed by atoms with Crippen LogP contribution in [-0.4, -0.2) is 41.5 Å². The molecule has 6 nitrogen and oxygen atoms in total. The Labute approximate surface area is 93.9 Å². The Morgan fingerprint density at radius 2 is 2.06 bits per heavy atom. The normalized spacial score (nSPS) is 25.2. The summed E-state index contributed by atoms with van der Waals surface area (Å²) in [7, 11) is 0. The van der Waals surface area contributed by atoms with Gasteiger partial charge in [-0.15, -0.1) is 0 Å². The number of carbonyl (C=O) groups excluding carboxylic acids is 1. The lowest BCUT2D eigenvalue weighted by Crippen LogP contribution is -2.45. The Hall–Kier alpha value is -1.30. The zero-order valence-electron chi connectivity index (χ0n) is 9.65. The number of hydrogen-bond acceptors (Lipinski definition) is 4. The topological polar surface area (TPSA) is 84.9 Å². The van der Waals surface area contributed by atoms with Crippen molar-refractivity contribution in [3.63, 3.8) is 0 Å². The van der Waals surface area contributed by atoms with Gasteiger partial charge < -0.3 is 19.9 Å². The van der Waals surface area contributed by atoms with Crippen molar-refractivity contribution >= 4 is 12.1 Å². The van der Waals surface area contributed by atoms with Crippen molar-refractivity contribution in [1.82, 2.24) is 5.32 Å². The summed E-state index contributed by atoms with van der Waals surface area (Å²) in [6, 6.07) is -0.521. The van der Waals surface area contributed by atoms with Crippen molar-refractivity contribution in [2.45, 2.75) is 44.9 Å². The molecule has 2 atom stereocenters. The highest BCUT2D eigenvalue weighted by Crippen LogP contribution is 2.15. The van der Waals surface area contributed by atoms with E-state index in [4.69, 9.17) is 14.6 Å². The van der Waals surface area contributed by atoms with Gasteiger partial charge in [-0.2, -0.15) is 0 Å². The molecule has 16 heavy (non-hydrogen) atoms. The van der Waals surface area contributed by atoms with Crippen molar-refractivity contribution in [3.8, 4) is 0 Å². The molecule has 0 spiro atoms. The minimum absolute atomic E-state index is 0.331. The van der Waals surface area contributed by atoms with Gasteiger partial charge in [0.15, 0.2) is 6.10 Å². The van der Waals surface area contributed by atoms with E-state index in [-0.39, 0.29) is 0 Å². The largest absolute Gasteiger partial charge is 0.479 e. The summed E-state index contributed by atoms with van der Waals surface area (Å²) in [6.07, 6.45) is -1.11. The molecular weight excluding hydrogens is 214 g/mol. The minimum atomic E-state index is -1.07. The second-order valence-electron chi connectivity index (χ2n) is 4.67. The fourth-order valence-electron chi connectivity index (χ4n) is 1.44. The molecule has 0 bridgehead atoms. The van der Waals surface area contributed by atoms with E-state index >= 15 is 0 Å². The standard InChI is InChI=1S/C10H17NO5/c1-10(2,3)16-9(14)11-6-4-5-15-7(6)8(12)13/h6-7H,4-5H2,1-3H3,(H,11,14)(H,12,13)/t6?,7-/m1/s1. The zero-order chi connectivity index (χ0) is 12.3. The molecule has 0 aromatic rings. The van der Waals surface area contributed by atoms with Gasteiger partial charge in [0.1, 0.15) is 5.60 Å². The third-order valence-corrected chi connectivity index (χ3v) is 2.04. The first-order valence-corrected chi connectivity index (χ1v) is 5.13. The van der Waals surface area contributed by atoms with Gasteiger partial charge in [-0.05, 0) is 27.2 Å². The van der Waals surface area contributed by atoms with Gasteiger partial charge in [0.25, 0.3) is 0 Å². The first kappa shape index (κ1) is 12.8. The molecule has 1 rings (SSSR count). The molecule has 0 aromatic carbocycles. The van der Waals surface area contributed by atoms with E-state index in [0.29, 0.717) is 13.0 Å². The smallest absolute Gasteiger partial charge is 0.407 e. The van der Waals surface area contributed by atoms with E-state index in [1.807, 2.05) is 0 Å². The Bertz CT molecular complexity index is 283. The van der Waals surface area contributed by atoms with Crippen LogP contribution in [0.3, 0.4) is 0 Å². The number of aliphatic carboxylic acids is 1. The van der Waals surface area contributed by atoms with Gasteiger partial charge >= 0.3 is 12.1 Å². The average molecular weight is 231 g/mol. The highest BCUT2D eigenvalue weighted by atomic mass is 16.6. The lowest BCUT2D eigenvalue weighted by atomic mass is 10.1. The molecule has 1 aliphatic rings. The van der Waals surface area contributed by atoms with Crippen molar-refractivity contribution < 1.29 is 24.2 Å². The molecule has 0 aliphatic carbocycles. The predicted octanol–water partition coefficient (Wildman–Crippen LogP) is 0.753.